The molecule has 1 aliphatic rings. The zero-order valence-electron chi connectivity index (χ0n) is 20.3. The third kappa shape index (κ3) is 6.29. The van der Waals surface area contributed by atoms with Gasteiger partial charge in [-0.25, -0.2) is 9.97 Å². The lowest BCUT2D eigenvalue weighted by Crippen LogP contribution is -2.31. The van der Waals surface area contributed by atoms with Gasteiger partial charge in [-0.05, 0) is 18.5 Å². The van der Waals surface area contributed by atoms with Crippen molar-refractivity contribution in [2.75, 3.05) is 18.1 Å². The monoisotopic (exact) mass is 508 g/mol. The van der Waals surface area contributed by atoms with Crippen LogP contribution in [0.4, 0.5) is 19.0 Å². The Morgan fingerprint density at radius 1 is 1.26 bits per heavy atom. The second kappa shape index (κ2) is 10.1. The first-order chi connectivity index (χ1) is 16.5. The standard InChI is InChI=1S/C23H31F3N6O2Si/c1-35(2,3)12-11-34-15-32-9-6-16-21(27-14-28-22(16)32)31-10-7-18-17(13-31)20(30-29-18)19(33)5-4-8-23(24,25)26/h6,9,14H,4-5,7-8,10-13,15H2,1-3H3,(H,29,30). The molecule has 3 aromatic rings. The van der Waals surface area contributed by atoms with Crippen LogP contribution in [0.1, 0.15) is 41.0 Å². The van der Waals surface area contributed by atoms with Crippen molar-refractivity contribution in [2.45, 2.75) is 70.8 Å². The van der Waals surface area contributed by atoms with Gasteiger partial charge in [0.2, 0.25) is 0 Å². The third-order valence-electron chi connectivity index (χ3n) is 6.12. The number of rotatable bonds is 10. The summed E-state index contributed by atoms with van der Waals surface area (Å²) in [5, 5.41) is 7.91. The predicted octanol–water partition coefficient (Wildman–Crippen LogP) is 4.94. The number of aromatic amines is 1. The maximum absolute atomic E-state index is 12.6. The molecule has 0 unspecified atom stereocenters. The maximum atomic E-state index is 12.6. The highest BCUT2D eigenvalue weighted by Gasteiger charge is 2.29. The average molecular weight is 509 g/mol. The zero-order valence-corrected chi connectivity index (χ0v) is 21.3. The second-order valence-electron chi connectivity index (χ2n) is 10.2. The highest BCUT2D eigenvalue weighted by atomic mass is 28.3. The largest absolute Gasteiger partial charge is 0.389 e. The van der Waals surface area contributed by atoms with Crippen LogP contribution in [0.3, 0.4) is 0 Å². The van der Waals surface area contributed by atoms with E-state index in [1.54, 1.807) is 0 Å². The Morgan fingerprint density at radius 2 is 2.06 bits per heavy atom. The highest BCUT2D eigenvalue weighted by molar-refractivity contribution is 6.76. The average Bonchev–Trinajstić information content (AvgIpc) is 3.39. The Morgan fingerprint density at radius 3 is 2.80 bits per heavy atom. The molecule has 1 N–H and O–H groups in total. The molecule has 190 valence electrons. The molecule has 0 amide bonds. The van der Waals surface area contributed by atoms with E-state index in [1.165, 1.54) is 6.33 Å². The van der Waals surface area contributed by atoms with E-state index in [0.717, 1.165) is 34.2 Å². The molecule has 12 heteroatoms. The molecule has 4 rings (SSSR count). The Hall–Kier alpha value is -2.73. The molecule has 0 saturated carbocycles. The lowest BCUT2D eigenvalue weighted by atomic mass is 10.0. The molecule has 0 aliphatic carbocycles. The van der Waals surface area contributed by atoms with E-state index < -0.39 is 20.7 Å². The molecule has 0 bridgehead atoms. The molecule has 0 radical (unpaired) electrons. The first-order valence-corrected chi connectivity index (χ1v) is 15.5. The molecule has 0 saturated heterocycles. The van der Waals surface area contributed by atoms with Crippen molar-refractivity contribution < 1.29 is 22.7 Å². The third-order valence-corrected chi connectivity index (χ3v) is 7.83. The van der Waals surface area contributed by atoms with Crippen LogP contribution >= 0.6 is 0 Å². The van der Waals surface area contributed by atoms with Crippen LogP contribution in [0.25, 0.3) is 11.0 Å². The van der Waals surface area contributed by atoms with E-state index in [9.17, 15) is 18.0 Å². The molecular weight excluding hydrogens is 477 g/mol. The Labute approximate surface area is 202 Å². The summed E-state index contributed by atoms with van der Waals surface area (Å²) in [5.41, 5.74) is 2.57. The summed E-state index contributed by atoms with van der Waals surface area (Å²) in [5.74, 6) is 0.376. The van der Waals surface area contributed by atoms with Crippen molar-refractivity contribution in [1.82, 2.24) is 24.7 Å². The van der Waals surface area contributed by atoms with Gasteiger partial charge >= 0.3 is 6.18 Å². The van der Waals surface area contributed by atoms with E-state index in [2.05, 4.69) is 44.7 Å². The number of ketones is 1. The lowest BCUT2D eigenvalue weighted by Gasteiger charge is -2.28. The van der Waals surface area contributed by atoms with Gasteiger partial charge in [0.25, 0.3) is 0 Å². The molecule has 0 aromatic carbocycles. The fraction of sp³-hybridized carbons (Fsp3) is 0.565. The number of anilines is 1. The van der Waals surface area contributed by atoms with E-state index in [-0.39, 0.29) is 24.3 Å². The summed E-state index contributed by atoms with van der Waals surface area (Å²) in [4.78, 5) is 23.6. The van der Waals surface area contributed by atoms with Gasteiger partial charge in [-0.15, -0.1) is 0 Å². The van der Waals surface area contributed by atoms with Crippen molar-refractivity contribution in [3.8, 4) is 0 Å². The van der Waals surface area contributed by atoms with Crippen LogP contribution < -0.4 is 4.90 Å². The number of carbonyl (C=O) groups excluding carboxylic acids is 1. The first-order valence-electron chi connectivity index (χ1n) is 11.8. The number of nitrogens with zero attached hydrogens (tertiary/aromatic N) is 5. The summed E-state index contributed by atoms with van der Waals surface area (Å²) in [6.07, 6.45) is -1.59. The predicted molar refractivity (Wildman–Crippen MR) is 129 cm³/mol. The summed E-state index contributed by atoms with van der Waals surface area (Å²) < 4.78 is 45.2. The quantitative estimate of drug-likeness (QED) is 0.237. The van der Waals surface area contributed by atoms with Crippen LogP contribution in [0.2, 0.25) is 25.7 Å². The van der Waals surface area contributed by atoms with Gasteiger partial charge in [0.15, 0.2) is 5.78 Å². The van der Waals surface area contributed by atoms with E-state index in [1.807, 2.05) is 16.8 Å². The normalized spacial score (nSPS) is 14.5. The van der Waals surface area contributed by atoms with Crippen LogP contribution in [0.15, 0.2) is 18.6 Å². The number of H-pyrrole nitrogens is 1. The molecule has 3 aromatic heterocycles. The van der Waals surface area contributed by atoms with Crippen molar-refractivity contribution >= 4 is 30.7 Å². The number of hydrogen-bond acceptors (Lipinski definition) is 6. The molecule has 0 atom stereocenters. The number of alkyl halides is 3. The molecule has 1 aliphatic heterocycles. The SMILES string of the molecule is C[Si](C)(C)CCOCn1ccc2c(N3CCc4[nH]nc(C(=O)CCCC(F)(F)F)c4C3)ncnc21. The number of aromatic nitrogens is 5. The molecular formula is C23H31F3N6O2Si. The number of hydrogen-bond donors (Lipinski definition) is 1. The number of nitrogens with one attached hydrogen (secondary N) is 1. The van der Waals surface area contributed by atoms with Crippen LogP contribution in [-0.2, 0) is 24.4 Å². The zero-order chi connectivity index (χ0) is 25.2. The molecule has 8 nitrogen and oxygen atoms in total. The summed E-state index contributed by atoms with van der Waals surface area (Å²) in [6, 6.07) is 3.05. The topological polar surface area (TPSA) is 88.9 Å². The number of ether oxygens (including phenoxy) is 1. The Kier molecular flexibility index (Phi) is 7.32. The smallest absolute Gasteiger partial charge is 0.361 e. The molecule has 4 heterocycles. The minimum absolute atomic E-state index is 0.185. The van der Waals surface area contributed by atoms with Gasteiger partial charge in [0.05, 0.1) is 5.39 Å². The minimum Gasteiger partial charge on any atom is -0.361 e. The van der Waals surface area contributed by atoms with E-state index >= 15 is 0 Å². The first kappa shape index (κ1) is 25.4. The highest BCUT2D eigenvalue weighted by Crippen LogP contribution is 2.30. The van der Waals surface area contributed by atoms with Crippen molar-refractivity contribution in [1.29, 1.82) is 0 Å². The van der Waals surface area contributed by atoms with E-state index in [4.69, 9.17) is 4.74 Å². The maximum Gasteiger partial charge on any atom is 0.389 e. The fourth-order valence-corrected chi connectivity index (χ4v) is 4.92. The number of Topliss-reactive ketones (excluding diaryl/α,β-unsaturated/α-hetero) is 1. The fourth-order valence-electron chi connectivity index (χ4n) is 4.16. The van der Waals surface area contributed by atoms with Crippen LogP contribution in [-0.4, -0.2) is 57.9 Å². The van der Waals surface area contributed by atoms with Gasteiger partial charge in [-0.2, -0.15) is 18.3 Å². The van der Waals surface area contributed by atoms with Gasteiger partial charge in [-0.1, -0.05) is 19.6 Å². The lowest BCUT2D eigenvalue weighted by molar-refractivity contribution is -0.135. The summed E-state index contributed by atoms with van der Waals surface area (Å²) in [7, 11) is -1.16. The van der Waals surface area contributed by atoms with Gasteiger partial charge in [-0.3, -0.25) is 9.89 Å². The molecule has 35 heavy (non-hydrogen) atoms. The van der Waals surface area contributed by atoms with Gasteiger partial charge in [0.1, 0.15) is 30.2 Å². The summed E-state index contributed by atoms with van der Waals surface area (Å²) in [6.45, 7) is 9.12. The van der Waals surface area contributed by atoms with Crippen molar-refractivity contribution in [3.63, 3.8) is 0 Å². The number of halogens is 3. The second-order valence-corrected chi connectivity index (χ2v) is 15.8. The molecule has 0 spiro atoms. The minimum atomic E-state index is -4.27. The van der Waals surface area contributed by atoms with Gasteiger partial charge < -0.3 is 14.2 Å². The van der Waals surface area contributed by atoms with Crippen LogP contribution in [0.5, 0.6) is 0 Å². The van der Waals surface area contributed by atoms with Crippen LogP contribution in [0, 0.1) is 0 Å². The molecule has 0 fully saturated rings. The Bertz CT molecular complexity index is 1180. The summed E-state index contributed by atoms with van der Waals surface area (Å²) >= 11 is 0. The number of fused-ring (bicyclic) bond motifs is 2. The van der Waals surface area contributed by atoms with Gasteiger partial charge in [0, 0.05) is 64.5 Å². The number of carbonyl (C=O) groups is 1. The van der Waals surface area contributed by atoms with Crippen molar-refractivity contribution in [2.24, 2.45) is 0 Å². The Balaban J connectivity index is 1.46. The van der Waals surface area contributed by atoms with E-state index in [0.29, 0.717) is 32.8 Å². The van der Waals surface area contributed by atoms with Crippen molar-refractivity contribution in [3.05, 3.63) is 35.5 Å².